The van der Waals surface area contributed by atoms with Gasteiger partial charge in [-0.2, -0.15) is 0 Å². The van der Waals surface area contributed by atoms with Gasteiger partial charge in [0.25, 0.3) is 5.91 Å². The number of rotatable bonds is 23. The van der Waals surface area contributed by atoms with E-state index in [1.807, 2.05) is 90.9 Å². The van der Waals surface area contributed by atoms with Gasteiger partial charge in [0, 0.05) is 45.6 Å². The third-order valence-electron chi connectivity index (χ3n) is 12.3. The van der Waals surface area contributed by atoms with Gasteiger partial charge in [-0.05, 0) is 80.9 Å². The van der Waals surface area contributed by atoms with Crippen molar-refractivity contribution >= 4 is 35.2 Å². The van der Waals surface area contributed by atoms with Crippen molar-refractivity contribution in [2.24, 2.45) is 23.7 Å². The summed E-state index contributed by atoms with van der Waals surface area (Å²) in [5.41, 5.74) is 7.83. The van der Waals surface area contributed by atoms with Gasteiger partial charge in [-0.25, -0.2) is 0 Å². The maximum absolute atomic E-state index is 14.4. The van der Waals surface area contributed by atoms with Crippen LogP contribution in [0.15, 0.2) is 54.6 Å². The summed E-state index contributed by atoms with van der Waals surface area (Å²) in [6.07, 6.45) is 1.36. The minimum absolute atomic E-state index is 0.0122. The van der Waals surface area contributed by atoms with Crippen molar-refractivity contribution in [2.75, 3.05) is 54.2 Å². The summed E-state index contributed by atoms with van der Waals surface area (Å²) in [6.45, 7) is 14.4. The summed E-state index contributed by atoms with van der Waals surface area (Å²) in [5.74, 6) is -1.95. The fourth-order valence-corrected chi connectivity index (χ4v) is 8.77. The monoisotopic (exact) mass is 850 g/mol. The first-order chi connectivity index (χ1) is 28.9. The maximum Gasteiger partial charge on any atom is 0.251 e. The molecule has 0 aliphatic carbocycles. The van der Waals surface area contributed by atoms with Gasteiger partial charge in [0.15, 0.2) is 0 Å². The predicted molar refractivity (Wildman–Crippen MR) is 240 cm³/mol. The van der Waals surface area contributed by atoms with E-state index < -0.39 is 42.3 Å². The van der Waals surface area contributed by atoms with Crippen LogP contribution in [0, 0.1) is 23.7 Å². The minimum atomic E-state index is -0.774. The molecule has 0 saturated carbocycles. The highest BCUT2D eigenvalue weighted by molar-refractivity contribution is 5.94. The molecular weight excluding hydrogens is 775 g/mol. The van der Waals surface area contributed by atoms with Gasteiger partial charge in [0.1, 0.15) is 6.04 Å². The van der Waals surface area contributed by atoms with Gasteiger partial charge in [-0.3, -0.25) is 28.9 Å². The molecular formula is C47H75N7O7. The molecule has 5 amide bonds. The lowest BCUT2D eigenvalue weighted by molar-refractivity contribution is -0.148. The van der Waals surface area contributed by atoms with Crippen molar-refractivity contribution < 1.29 is 33.4 Å². The first kappa shape index (κ1) is 50.8. The highest BCUT2D eigenvalue weighted by Crippen LogP contribution is 2.30. The molecule has 0 radical (unpaired) electrons. The Morgan fingerprint density at radius 2 is 1.49 bits per heavy atom. The van der Waals surface area contributed by atoms with Crippen LogP contribution in [0.2, 0.25) is 0 Å². The minimum Gasteiger partial charge on any atom is -0.399 e. The molecule has 2 aromatic rings. The van der Waals surface area contributed by atoms with Crippen molar-refractivity contribution in [2.45, 2.75) is 123 Å². The number of methoxy groups -OCH3 is 2. The highest BCUT2D eigenvalue weighted by atomic mass is 16.5. The van der Waals surface area contributed by atoms with Crippen molar-refractivity contribution in [3.63, 3.8) is 0 Å². The maximum atomic E-state index is 14.4. The number of carbonyl (C=O) groups is 5. The van der Waals surface area contributed by atoms with Crippen LogP contribution in [0.3, 0.4) is 0 Å². The lowest BCUT2D eigenvalue weighted by Crippen LogP contribution is -2.59. The molecule has 1 aliphatic heterocycles. The highest BCUT2D eigenvalue weighted by Gasteiger charge is 2.43. The third kappa shape index (κ3) is 14.0. The summed E-state index contributed by atoms with van der Waals surface area (Å²) >= 11 is 0. The molecule has 0 aromatic heterocycles. The van der Waals surface area contributed by atoms with E-state index >= 15 is 0 Å². The van der Waals surface area contributed by atoms with Gasteiger partial charge in [-0.15, -0.1) is 0 Å². The van der Waals surface area contributed by atoms with Crippen LogP contribution in [0.5, 0.6) is 0 Å². The molecule has 3 rings (SSSR count). The normalized spacial score (nSPS) is 18.1. The number of nitrogens with two attached hydrogens (primary N) is 1. The lowest BCUT2D eigenvalue weighted by atomic mass is 9.89. The van der Waals surface area contributed by atoms with E-state index in [0.717, 1.165) is 18.4 Å². The molecule has 1 saturated heterocycles. The van der Waals surface area contributed by atoms with Crippen LogP contribution in [-0.2, 0) is 35.1 Å². The Balaban J connectivity index is 1.78. The topological polar surface area (TPSA) is 176 Å². The molecule has 0 spiro atoms. The number of likely N-dealkylation sites (tertiary alicyclic amines) is 1. The number of hydrogen-bond donors (Lipinski definition) is 4. The average molecular weight is 850 g/mol. The number of anilines is 1. The summed E-state index contributed by atoms with van der Waals surface area (Å²) in [6, 6.07) is 14.0. The zero-order valence-electron chi connectivity index (χ0n) is 38.8. The molecule has 9 atom stereocenters. The summed E-state index contributed by atoms with van der Waals surface area (Å²) in [4.78, 5) is 74.6. The standard InChI is InChI=1S/C47H75N7O7/c1-13-31(6)42(53(10)47(59)40(29(2)3)51-46(58)41(30(4)5)52(8)9)38(60-11)27-39(55)54-25-17-20-37(54)43(61-12)32(7)44(56)50-36(26-33-18-15-14-16-19-33)28-49-45(57)34-21-23-35(48)24-22-34/h14-16,18-19,21-24,29-32,36-38,40-43H,13,17,20,25-28,48H2,1-12H3,(H,49,57)(H,50,56)(H,51,58)/t31-,32+,36-,37-,38+,40-,41-,42-,43+/m0/s1. The molecule has 61 heavy (non-hydrogen) atoms. The fraction of sp³-hybridized carbons (Fsp3) is 0.638. The van der Waals surface area contributed by atoms with Crippen molar-refractivity contribution in [3.8, 4) is 0 Å². The first-order valence-corrected chi connectivity index (χ1v) is 21.9. The van der Waals surface area contributed by atoms with Crippen LogP contribution in [-0.4, -0.2) is 135 Å². The number of nitrogens with one attached hydrogen (secondary N) is 3. The van der Waals surface area contributed by atoms with E-state index in [9.17, 15) is 24.0 Å². The molecule has 340 valence electrons. The van der Waals surface area contributed by atoms with Crippen molar-refractivity contribution in [3.05, 3.63) is 65.7 Å². The molecule has 1 aliphatic rings. The van der Waals surface area contributed by atoms with Crippen LogP contribution in [0.1, 0.15) is 90.1 Å². The molecule has 0 unspecified atom stereocenters. The van der Waals surface area contributed by atoms with E-state index in [-0.39, 0.29) is 66.3 Å². The Morgan fingerprint density at radius 3 is 2.03 bits per heavy atom. The number of amides is 5. The van der Waals surface area contributed by atoms with Gasteiger partial charge >= 0.3 is 0 Å². The van der Waals surface area contributed by atoms with E-state index in [0.29, 0.717) is 30.6 Å². The number of likely N-dealkylation sites (N-methyl/N-ethyl adjacent to an activating group) is 2. The van der Waals surface area contributed by atoms with Crippen LogP contribution in [0.4, 0.5) is 5.69 Å². The van der Waals surface area contributed by atoms with Crippen molar-refractivity contribution in [1.29, 1.82) is 0 Å². The van der Waals surface area contributed by atoms with Crippen LogP contribution in [0.25, 0.3) is 0 Å². The zero-order valence-corrected chi connectivity index (χ0v) is 38.8. The number of carbonyl (C=O) groups excluding carboxylic acids is 5. The Bertz CT molecular complexity index is 1700. The number of nitrogen functional groups attached to an aromatic ring is 1. The second-order valence-corrected chi connectivity index (χ2v) is 17.7. The number of ether oxygens (including phenoxy) is 2. The van der Waals surface area contributed by atoms with Crippen molar-refractivity contribution in [1.82, 2.24) is 30.7 Å². The van der Waals surface area contributed by atoms with Gasteiger partial charge in [0.05, 0.1) is 48.7 Å². The lowest BCUT2D eigenvalue weighted by Gasteiger charge is -2.41. The molecule has 1 heterocycles. The molecule has 2 aromatic carbocycles. The summed E-state index contributed by atoms with van der Waals surface area (Å²) in [5, 5.41) is 9.17. The number of nitrogens with zero attached hydrogens (tertiary/aromatic N) is 3. The van der Waals surface area contributed by atoms with E-state index in [1.54, 1.807) is 62.3 Å². The molecule has 0 bridgehead atoms. The fourth-order valence-electron chi connectivity index (χ4n) is 8.77. The Labute approximate surface area is 365 Å². The largest absolute Gasteiger partial charge is 0.399 e. The Morgan fingerprint density at radius 1 is 0.852 bits per heavy atom. The molecule has 14 nitrogen and oxygen atoms in total. The Kier molecular flexibility index (Phi) is 20.2. The molecule has 5 N–H and O–H groups in total. The number of benzene rings is 2. The van der Waals surface area contributed by atoms with Gasteiger partial charge < -0.3 is 41.0 Å². The van der Waals surface area contributed by atoms with Crippen LogP contribution < -0.4 is 21.7 Å². The zero-order chi connectivity index (χ0) is 45.6. The second kappa shape index (κ2) is 24.2. The van der Waals surface area contributed by atoms with E-state index in [1.165, 1.54) is 0 Å². The summed E-state index contributed by atoms with van der Waals surface area (Å²) < 4.78 is 12.1. The SMILES string of the molecule is CC[C@H](C)[C@@H]([C@@H](CC(=O)N1CCC[C@H]1[C@H](OC)[C@@H](C)C(=O)N[C@H](CNC(=O)c1ccc(N)cc1)Cc1ccccc1)OC)N(C)C(=O)[C@@H](NC(=O)[C@H](C(C)C)N(C)C)C(C)C. The second-order valence-electron chi connectivity index (χ2n) is 17.7. The predicted octanol–water partition coefficient (Wildman–Crippen LogP) is 4.37. The quantitative estimate of drug-likeness (QED) is 0.118. The number of hydrogen-bond acceptors (Lipinski definition) is 9. The van der Waals surface area contributed by atoms with Crippen LogP contribution >= 0.6 is 0 Å². The average Bonchev–Trinajstić information content (AvgIpc) is 3.71. The third-order valence-corrected chi connectivity index (χ3v) is 12.3. The van der Waals surface area contributed by atoms with Gasteiger partial charge in [-0.1, -0.05) is 85.2 Å². The Hall–Kier alpha value is -4.53. The summed E-state index contributed by atoms with van der Waals surface area (Å²) in [7, 11) is 8.57. The first-order valence-electron chi connectivity index (χ1n) is 21.9. The van der Waals surface area contributed by atoms with E-state index in [2.05, 4.69) is 16.0 Å². The van der Waals surface area contributed by atoms with Gasteiger partial charge in [0.2, 0.25) is 23.6 Å². The molecule has 14 heteroatoms. The van der Waals surface area contributed by atoms with E-state index in [4.69, 9.17) is 15.2 Å². The molecule has 1 fully saturated rings. The smallest absolute Gasteiger partial charge is 0.251 e.